The summed E-state index contributed by atoms with van der Waals surface area (Å²) in [4.78, 5) is 5.97. The monoisotopic (exact) mass is 311 g/mol. The van der Waals surface area contributed by atoms with Gasteiger partial charge in [-0.1, -0.05) is 18.2 Å². The maximum absolute atomic E-state index is 4.53. The fourth-order valence-corrected chi connectivity index (χ4v) is 4.66. The van der Waals surface area contributed by atoms with Crippen molar-refractivity contribution in [3.05, 3.63) is 52.4 Å². The van der Waals surface area contributed by atoms with E-state index >= 15 is 0 Å². The molecule has 0 radical (unpaired) electrons. The van der Waals surface area contributed by atoms with Crippen LogP contribution in [0.2, 0.25) is 0 Å². The van der Waals surface area contributed by atoms with Gasteiger partial charge in [-0.15, -0.1) is 11.3 Å². The molecule has 0 amide bonds. The van der Waals surface area contributed by atoms with E-state index in [1.807, 2.05) is 17.5 Å². The van der Waals surface area contributed by atoms with Crippen LogP contribution < -0.4 is 5.32 Å². The molecule has 1 atom stereocenters. The molecule has 3 aromatic rings. The third kappa shape index (κ3) is 2.27. The van der Waals surface area contributed by atoms with Gasteiger partial charge in [0.15, 0.2) is 0 Å². The van der Waals surface area contributed by atoms with Crippen LogP contribution in [0.1, 0.15) is 41.3 Å². The second-order valence-electron chi connectivity index (χ2n) is 6.11. The Labute approximate surface area is 135 Å². The van der Waals surface area contributed by atoms with Crippen molar-refractivity contribution in [2.75, 3.05) is 0 Å². The second kappa shape index (κ2) is 5.52. The van der Waals surface area contributed by atoms with Gasteiger partial charge in [0, 0.05) is 41.3 Å². The van der Waals surface area contributed by atoms with Crippen LogP contribution in [0.3, 0.4) is 0 Å². The van der Waals surface area contributed by atoms with Crippen LogP contribution in [0.25, 0.3) is 10.1 Å². The second-order valence-corrected chi connectivity index (χ2v) is 7.19. The number of hydrogen-bond donors (Lipinski definition) is 1. The molecule has 114 valence electrons. The Hall–Kier alpha value is -1.65. The van der Waals surface area contributed by atoms with Crippen molar-refractivity contribution in [2.45, 2.75) is 45.8 Å². The summed E-state index contributed by atoms with van der Waals surface area (Å²) in [5.74, 6) is 1.25. The molecule has 0 aliphatic carbocycles. The molecule has 1 aliphatic rings. The van der Waals surface area contributed by atoms with Gasteiger partial charge >= 0.3 is 0 Å². The average molecular weight is 311 g/mol. The molecule has 0 saturated heterocycles. The van der Waals surface area contributed by atoms with Crippen LogP contribution >= 0.6 is 11.3 Å². The summed E-state index contributed by atoms with van der Waals surface area (Å²) in [6.07, 6.45) is 4.40. The lowest BCUT2D eigenvalue weighted by Gasteiger charge is -2.14. The predicted molar refractivity (Wildman–Crippen MR) is 92.4 cm³/mol. The van der Waals surface area contributed by atoms with Gasteiger partial charge in [-0.2, -0.15) is 0 Å². The first-order valence-electron chi connectivity index (χ1n) is 7.98. The number of imidazole rings is 1. The Balaban J connectivity index is 1.53. The molecule has 0 bridgehead atoms. The molecule has 1 aliphatic heterocycles. The largest absolute Gasteiger partial charge is 0.331 e. The fourth-order valence-electron chi connectivity index (χ4n) is 3.42. The average Bonchev–Trinajstić information content (AvgIpc) is 3.20. The first-order valence-corrected chi connectivity index (χ1v) is 8.80. The maximum atomic E-state index is 4.53. The van der Waals surface area contributed by atoms with Crippen molar-refractivity contribution < 1.29 is 0 Å². The van der Waals surface area contributed by atoms with Gasteiger partial charge < -0.3 is 9.88 Å². The zero-order valence-electron chi connectivity index (χ0n) is 13.1. The lowest BCUT2D eigenvalue weighted by molar-refractivity contribution is 0.555. The minimum absolute atomic E-state index is 0.366. The summed E-state index contributed by atoms with van der Waals surface area (Å²) >= 11 is 1.91. The fraction of sp³-hybridized carbons (Fsp3) is 0.389. The lowest BCUT2D eigenvalue weighted by Crippen LogP contribution is -2.19. The third-order valence-electron chi connectivity index (χ3n) is 4.67. The summed E-state index contributed by atoms with van der Waals surface area (Å²) in [7, 11) is 0. The van der Waals surface area contributed by atoms with E-state index in [0.29, 0.717) is 6.04 Å². The predicted octanol–water partition coefficient (Wildman–Crippen LogP) is 4.20. The molecule has 1 N–H and O–H groups in total. The van der Waals surface area contributed by atoms with Crippen LogP contribution in [0, 0.1) is 6.92 Å². The van der Waals surface area contributed by atoms with E-state index in [0.717, 1.165) is 19.5 Å². The minimum Gasteiger partial charge on any atom is -0.331 e. The molecule has 3 heterocycles. The zero-order chi connectivity index (χ0) is 15.1. The highest BCUT2D eigenvalue weighted by molar-refractivity contribution is 7.19. The number of benzene rings is 1. The van der Waals surface area contributed by atoms with Gasteiger partial charge in [0.05, 0.1) is 5.69 Å². The molecule has 4 heteroatoms. The Morgan fingerprint density at radius 3 is 3.09 bits per heavy atom. The highest BCUT2D eigenvalue weighted by Crippen LogP contribution is 2.34. The van der Waals surface area contributed by atoms with Gasteiger partial charge in [-0.05, 0) is 37.3 Å². The molecule has 0 saturated carbocycles. The van der Waals surface area contributed by atoms with Crippen molar-refractivity contribution in [2.24, 2.45) is 0 Å². The summed E-state index contributed by atoms with van der Waals surface area (Å²) in [5.41, 5.74) is 2.73. The van der Waals surface area contributed by atoms with Gasteiger partial charge in [0.25, 0.3) is 0 Å². The zero-order valence-corrected chi connectivity index (χ0v) is 13.9. The molecular formula is C18H21N3S. The summed E-state index contributed by atoms with van der Waals surface area (Å²) in [6.45, 7) is 6.52. The molecule has 22 heavy (non-hydrogen) atoms. The van der Waals surface area contributed by atoms with E-state index in [2.05, 4.69) is 53.0 Å². The van der Waals surface area contributed by atoms with E-state index in [1.54, 1.807) is 0 Å². The van der Waals surface area contributed by atoms with Crippen molar-refractivity contribution >= 4 is 21.4 Å². The molecule has 2 aromatic heterocycles. The van der Waals surface area contributed by atoms with Gasteiger partial charge in [0.1, 0.15) is 5.82 Å². The molecule has 4 rings (SSSR count). The summed E-state index contributed by atoms with van der Waals surface area (Å²) < 4.78 is 3.76. The van der Waals surface area contributed by atoms with E-state index in [-0.39, 0.29) is 0 Å². The minimum atomic E-state index is 0.366. The maximum Gasteiger partial charge on any atom is 0.108 e. The number of thiophene rings is 1. The number of aryl methyl sites for hydroxylation is 2. The molecule has 3 nitrogen and oxygen atoms in total. The van der Waals surface area contributed by atoms with E-state index < -0.39 is 0 Å². The van der Waals surface area contributed by atoms with Crippen LogP contribution in [0.4, 0.5) is 0 Å². The molecule has 0 spiro atoms. The van der Waals surface area contributed by atoms with Gasteiger partial charge in [-0.25, -0.2) is 4.98 Å². The number of nitrogens with one attached hydrogen (secondary N) is 1. The Morgan fingerprint density at radius 1 is 1.36 bits per heavy atom. The molecule has 1 aromatic carbocycles. The highest BCUT2D eigenvalue weighted by Gasteiger charge is 2.17. The number of rotatable bonds is 4. The van der Waals surface area contributed by atoms with Gasteiger partial charge in [0.2, 0.25) is 0 Å². The smallest absolute Gasteiger partial charge is 0.108 e. The third-order valence-corrected chi connectivity index (χ3v) is 6.12. The Bertz CT molecular complexity index is 815. The number of hydrogen-bond acceptors (Lipinski definition) is 3. The van der Waals surface area contributed by atoms with Crippen LogP contribution in [-0.4, -0.2) is 9.55 Å². The number of nitrogens with zero attached hydrogens (tertiary/aromatic N) is 2. The first kappa shape index (κ1) is 14.0. The summed E-state index contributed by atoms with van der Waals surface area (Å²) in [5, 5.41) is 5.07. The summed E-state index contributed by atoms with van der Waals surface area (Å²) in [6, 6.07) is 9.05. The van der Waals surface area contributed by atoms with Crippen molar-refractivity contribution in [3.63, 3.8) is 0 Å². The topological polar surface area (TPSA) is 29.9 Å². The molecule has 0 unspecified atom stereocenters. The number of aromatic nitrogens is 2. The van der Waals surface area contributed by atoms with E-state index in [9.17, 15) is 0 Å². The van der Waals surface area contributed by atoms with Crippen LogP contribution in [-0.2, 0) is 19.5 Å². The van der Waals surface area contributed by atoms with E-state index in [4.69, 9.17) is 0 Å². The normalized spacial score (nSPS) is 15.4. The van der Waals surface area contributed by atoms with Crippen molar-refractivity contribution in [1.82, 2.24) is 14.9 Å². The Morgan fingerprint density at radius 2 is 2.23 bits per heavy atom. The molecule has 0 fully saturated rings. The van der Waals surface area contributed by atoms with Gasteiger partial charge in [-0.3, -0.25) is 0 Å². The Kier molecular flexibility index (Phi) is 3.51. The van der Waals surface area contributed by atoms with Crippen molar-refractivity contribution in [3.8, 4) is 0 Å². The first-order chi connectivity index (χ1) is 10.7. The van der Waals surface area contributed by atoms with E-state index in [1.165, 1.54) is 38.5 Å². The quantitative estimate of drug-likeness (QED) is 0.782. The lowest BCUT2D eigenvalue weighted by atomic mass is 10.1. The number of fused-ring (bicyclic) bond motifs is 2. The molecular weight excluding hydrogens is 290 g/mol. The van der Waals surface area contributed by atoms with Crippen LogP contribution in [0.5, 0.6) is 0 Å². The van der Waals surface area contributed by atoms with Crippen LogP contribution in [0.15, 0.2) is 30.5 Å². The SMILES string of the molecule is Cc1c([C@@H](C)NCc2cnc3n2CCC3)sc2ccccc12. The standard InChI is InChI=1S/C18H21N3S/c1-12-15-6-3-4-7-16(15)22-18(12)13(2)19-10-14-11-20-17-8-5-9-21(14)17/h3-4,6-7,11,13,19H,5,8-10H2,1-2H3/t13-/m1/s1. The van der Waals surface area contributed by atoms with Crippen molar-refractivity contribution in [1.29, 1.82) is 0 Å². The highest BCUT2D eigenvalue weighted by atomic mass is 32.1.